The van der Waals surface area contributed by atoms with Gasteiger partial charge in [-0.15, -0.1) is 0 Å². The first kappa shape index (κ1) is 28.5. The number of nitrogens with one attached hydrogen (secondary N) is 1. The van der Waals surface area contributed by atoms with Crippen molar-refractivity contribution in [1.29, 1.82) is 0 Å². The van der Waals surface area contributed by atoms with Gasteiger partial charge in [0.15, 0.2) is 5.78 Å². The molecule has 8 nitrogen and oxygen atoms in total. The molecule has 1 atom stereocenters. The second-order valence-electron chi connectivity index (χ2n) is 10.4. The van der Waals surface area contributed by atoms with E-state index >= 15 is 0 Å². The molecule has 0 bridgehead atoms. The van der Waals surface area contributed by atoms with Gasteiger partial charge in [0.05, 0.1) is 12.1 Å². The molecule has 4 aromatic rings. The lowest BCUT2D eigenvalue weighted by molar-refractivity contribution is -0.137. The number of rotatable bonds is 14. The first-order valence-corrected chi connectivity index (χ1v) is 14.1. The molecule has 0 unspecified atom stereocenters. The van der Waals surface area contributed by atoms with Gasteiger partial charge in [0.1, 0.15) is 18.4 Å². The zero-order valence-electron chi connectivity index (χ0n) is 23.2. The summed E-state index contributed by atoms with van der Waals surface area (Å²) in [6.45, 7) is 1.50. The zero-order chi connectivity index (χ0) is 29.3. The summed E-state index contributed by atoms with van der Waals surface area (Å²) >= 11 is 0. The van der Waals surface area contributed by atoms with Crippen molar-refractivity contribution in [3.63, 3.8) is 0 Å². The van der Waals surface area contributed by atoms with Crippen LogP contribution in [0, 0.1) is 5.92 Å². The number of carbonyl (C=O) groups is 3. The topological polar surface area (TPSA) is 109 Å². The highest BCUT2D eigenvalue weighted by atomic mass is 16.5. The molecule has 0 spiro atoms. The maximum absolute atomic E-state index is 13.1. The van der Waals surface area contributed by atoms with Crippen LogP contribution in [0.25, 0.3) is 0 Å². The van der Waals surface area contributed by atoms with Crippen molar-refractivity contribution in [3.05, 3.63) is 126 Å². The molecule has 1 aliphatic carbocycles. The molecule has 214 valence electrons. The number of hydrogen-bond donors (Lipinski definition) is 2. The van der Waals surface area contributed by atoms with Gasteiger partial charge in [-0.25, -0.2) is 4.79 Å². The van der Waals surface area contributed by atoms with E-state index in [4.69, 9.17) is 4.74 Å². The summed E-state index contributed by atoms with van der Waals surface area (Å²) < 4.78 is 5.93. The molecule has 1 fully saturated rings. The van der Waals surface area contributed by atoms with E-state index in [-0.39, 0.29) is 18.1 Å². The Morgan fingerprint density at radius 1 is 0.905 bits per heavy atom. The van der Waals surface area contributed by atoms with E-state index in [0.717, 1.165) is 18.4 Å². The quantitative estimate of drug-likeness (QED) is 0.199. The highest BCUT2D eigenvalue weighted by molar-refractivity contribution is 6.12. The summed E-state index contributed by atoms with van der Waals surface area (Å²) in [4.78, 5) is 44.1. The van der Waals surface area contributed by atoms with E-state index in [2.05, 4.69) is 10.3 Å². The lowest BCUT2D eigenvalue weighted by atomic mass is 10.00. The predicted octanol–water partition coefficient (Wildman–Crippen LogP) is 5.35. The average Bonchev–Trinajstić information content (AvgIpc) is 3.85. The number of pyridine rings is 1. The molecule has 1 aromatic heterocycles. The van der Waals surface area contributed by atoms with Gasteiger partial charge in [-0.05, 0) is 60.7 Å². The van der Waals surface area contributed by atoms with Crippen LogP contribution in [-0.2, 0) is 11.2 Å². The van der Waals surface area contributed by atoms with Crippen molar-refractivity contribution in [2.45, 2.75) is 25.3 Å². The standard InChI is InChI=1S/C34H33N3O5/c38-32(26-7-2-1-3-8-26)29-10-4-5-11-30(29)36-31(34(40)41)21-24-14-16-28(17-15-24)42-20-19-37(23-25-12-13-25)33(39)27-9-6-18-35-22-27/h1-11,14-18,22,25,31,36H,12-13,19-21,23H2,(H,40,41)/t31-/m0/s1. The lowest BCUT2D eigenvalue weighted by Gasteiger charge is -2.23. The van der Waals surface area contributed by atoms with Gasteiger partial charge >= 0.3 is 5.97 Å². The fourth-order valence-electron chi connectivity index (χ4n) is 4.73. The third kappa shape index (κ3) is 7.60. The smallest absolute Gasteiger partial charge is 0.326 e. The Hall–Kier alpha value is -4.98. The largest absolute Gasteiger partial charge is 0.492 e. The fourth-order valence-corrected chi connectivity index (χ4v) is 4.73. The number of aliphatic carboxylic acids is 1. The number of carbonyl (C=O) groups excluding carboxylic acids is 2. The van der Waals surface area contributed by atoms with Crippen molar-refractivity contribution in [2.75, 3.05) is 25.0 Å². The van der Waals surface area contributed by atoms with E-state index in [1.807, 2.05) is 23.1 Å². The summed E-state index contributed by atoms with van der Waals surface area (Å²) in [5.41, 5.74) is 2.78. The summed E-state index contributed by atoms with van der Waals surface area (Å²) in [5, 5.41) is 13.0. The number of amides is 1. The van der Waals surface area contributed by atoms with Crippen LogP contribution in [0.1, 0.15) is 44.7 Å². The second kappa shape index (κ2) is 13.6. The Balaban J connectivity index is 1.19. The number of anilines is 1. The van der Waals surface area contributed by atoms with Crippen LogP contribution in [0.3, 0.4) is 0 Å². The Bertz CT molecular complexity index is 1510. The normalized spacial score (nSPS) is 13.1. The van der Waals surface area contributed by atoms with Crippen molar-refractivity contribution in [3.8, 4) is 5.75 Å². The highest BCUT2D eigenvalue weighted by Crippen LogP contribution is 2.30. The van der Waals surface area contributed by atoms with Crippen LogP contribution in [0.2, 0.25) is 0 Å². The van der Waals surface area contributed by atoms with Gasteiger partial charge in [0, 0.05) is 42.2 Å². The fraction of sp³-hybridized carbons (Fsp3) is 0.235. The lowest BCUT2D eigenvalue weighted by Crippen LogP contribution is -2.36. The second-order valence-corrected chi connectivity index (χ2v) is 10.4. The number of benzene rings is 3. The molecular weight excluding hydrogens is 530 g/mol. The Kier molecular flexibility index (Phi) is 9.23. The SMILES string of the molecule is O=C(c1ccccc1)c1ccccc1N[C@@H](Cc1ccc(OCCN(CC2CC2)C(=O)c2cccnc2)cc1)C(=O)O. The average molecular weight is 564 g/mol. The summed E-state index contributed by atoms with van der Waals surface area (Å²) in [6.07, 6.45) is 5.72. The number of para-hydroxylation sites is 1. The van der Waals surface area contributed by atoms with Crippen molar-refractivity contribution in [1.82, 2.24) is 9.88 Å². The first-order valence-electron chi connectivity index (χ1n) is 14.1. The minimum atomic E-state index is -1.02. The number of ether oxygens (including phenoxy) is 1. The maximum Gasteiger partial charge on any atom is 0.326 e. The molecule has 0 saturated heterocycles. The molecule has 1 amide bonds. The van der Waals surface area contributed by atoms with Gasteiger partial charge in [0.25, 0.3) is 5.91 Å². The minimum absolute atomic E-state index is 0.0480. The van der Waals surface area contributed by atoms with E-state index in [9.17, 15) is 19.5 Å². The van der Waals surface area contributed by atoms with Crippen molar-refractivity contribution in [2.24, 2.45) is 5.92 Å². The van der Waals surface area contributed by atoms with Gasteiger partial charge in [0.2, 0.25) is 0 Å². The van der Waals surface area contributed by atoms with Gasteiger partial charge in [-0.2, -0.15) is 0 Å². The number of carboxylic acid groups (broad SMARTS) is 1. The predicted molar refractivity (Wildman–Crippen MR) is 160 cm³/mol. The Morgan fingerprint density at radius 3 is 2.31 bits per heavy atom. The van der Waals surface area contributed by atoms with Gasteiger partial charge < -0.3 is 20.1 Å². The van der Waals surface area contributed by atoms with E-state index < -0.39 is 12.0 Å². The monoisotopic (exact) mass is 563 g/mol. The highest BCUT2D eigenvalue weighted by Gasteiger charge is 2.27. The summed E-state index contributed by atoms with van der Waals surface area (Å²) in [6, 6.07) is 25.7. The van der Waals surface area contributed by atoms with Gasteiger partial charge in [-0.3, -0.25) is 14.6 Å². The zero-order valence-corrected chi connectivity index (χ0v) is 23.2. The number of carboxylic acids is 1. The van der Waals surface area contributed by atoms with Crippen LogP contribution in [0.5, 0.6) is 5.75 Å². The van der Waals surface area contributed by atoms with E-state index in [0.29, 0.717) is 53.7 Å². The molecule has 1 saturated carbocycles. The van der Waals surface area contributed by atoms with E-state index in [1.165, 1.54) is 0 Å². The molecule has 3 aromatic carbocycles. The van der Waals surface area contributed by atoms with Crippen LogP contribution in [0.15, 0.2) is 103 Å². The van der Waals surface area contributed by atoms with Crippen LogP contribution >= 0.6 is 0 Å². The molecule has 1 aliphatic rings. The molecule has 5 rings (SSSR count). The van der Waals surface area contributed by atoms with Crippen LogP contribution < -0.4 is 10.1 Å². The number of aromatic nitrogens is 1. The Morgan fingerprint density at radius 2 is 1.62 bits per heavy atom. The van der Waals surface area contributed by atoms with Crippen LogP contribution in [0.4, 0.5) is 5.69 Å². The van der Waals surface area contributed by atoms with E-state index in [1.54, 1.807) is 85.2 Å². The molecule has 8 heteroatoms. The summed E-state index contributed by atoms with van der Waals surface area (Å²) in [7, 11) is 0. The molecular formula is C34H33N3O5. The minimum Gasteiger partial charge on any atom is -0.492 e. The molecule has 42 heavy (non-hydrogen) atoms. The maximum atomic E-state index is 13.1. The number of hydrogen-bond acceptors (Lipinski definition) is 6. The number of nitrogens with zero attached hydrogens (tertiary/aromatic N) is 2. The van der Waals surface area contributed by atoms with Crippen molar-refractivity contribution >= 4 is 23.3 Å². The molecule has 1 heterocycles. The molecule has 0 radical (unpaired) electrons. The van der Waals surface area contributed by atoms with Crippen molar-refractivity contribution < 1.29 is 24.2 Å². The number of ketones is 1. The third-order valence-electron chi connectivity index (χ3n) is 7.20. The summed E-state index contributed by atoms with van der Waals surface area (Å²) in [5.74, 6) is -0.0663. The molecule has 2 N–H and O–H groups in total. The van der Waals surface area contributed by atoms with Gasteiger partial charge in [-0.1, -0.05) is 54.6 Å². The molecule has 0 aliphatic heterocycles. The van der Waals surface area contributed by atoms with Crippen LogP contribution in [-0.4, -0.2) is 58.4 Å². The first-order chi connectivity index (χ1) is 20.5. The third-order valence-corrected chi connectivity index (χ3v) is 7.20. The Labute approximate surface area is 245 Å².